The van der Waals surface area contributed by atoms with Crippen LogP contribution in [0.4, 0.5) is 0 Å². The normalized spacial score (nSPS) is 14.6. The third-order valence-corrected chi connectivity index (χ3v) is 4.27. The van der Waals surface area contributed by atoms with Crippen LogP contribution in [0.1, 0.15) is 59.3 Å². The van der Waals surface area contributed by atoms with Gasteiger partial charge >= 0.3 is 0 Å². The molecule has 0 saturated heterocycles. The quantitative estimate of drug-likeness (QED) is 0.477. The summed E-state index contributed by atoms with van der Waals surface area (Å²) in [5, 5.41) is 0. The van der Waals surface area contributed by atoms with Crippen molar-refractivity contribution in [1.82, 2.24) is 0 Å². The number of allylic oxidation sites excluding steroid dienone is 4. The molecule has 18 heavy (non-hydrogen) atoms. The molecule has 0 heterocycles. The zero-order valence-corrected chi connectivity index (χ0v) is 13.6. The molecule has 1 nitrogen and oxygen atoms in total. The Morgan fingerprint density at radius 3 is 2.61 bits per heavy atom. The highest BCUT2D eigenvalue weighted by atomic mass is 32.2. The van der Waals surface area contributed by atoms with E-state index < -0.39 is 0 Å². The fraction of sp³-hybridized carbons (Fsp3) is 0.750. The number of hydrogen-bond donors (Lipinski definition) is 0. The molecule has 1 unspecified atom stereocenters. The van der Waals surface area contributed by atoms with Crippen LogP contribution in [0.5, 0.6) is 0 Å². The average molecular weight is 269 g/mol. The first-order valence-corrected chi connectivity index (χ1v) is 9.07. The summed E-state index contributed by atoms with van der Waals surface area (Å²) in [6, 6.07) is 0. The van der Waals surface area contributed by atoms with Gasteiger partial charge in [0.05, 0.1) is 0 Å². The van der Waals surface area contributed by atoms with Gasteiger partial charge in [0.15, 0.2) is 0 Å². The molecule has 0 aromatic heterocycles. The summed E-state index contributed by atoms with van der Waals surface area (Å²) in [7, 11) is 0.287. The molecule has 0 radical (unpaired) electrons. The molecule has 0 aromatic carbocycles. The maximum atomic E-state index is 4.63. The largest absolute Gasteiger partial charge is 0.265 e. The number of nitrogens with zero attached hydrogens (tertiary/aromatic N) is 1. The Hall–Kier alpha value is -0.370. The van der Waals surface area contributed by atoms with Crippen LogP contribution in [0.15, 0.2) is 28.2 Å². The molecular formula is C16H31NS. The first-order chi connectivity index (χ1) is 8.70. The molecule has 0 fully saturated rings. The predicted octanol–water partition coefficient (Wildman–Crippen LogP) is 5.30. The van der Waals surface area contributed by atoms with Gasteiger partial charge in [-0.3, -0.25) is 4.36 Å². The summed E-state index contributed by atoms with van der Waals surface area (Å²) in [5.74, 6) is 1.26. The lowest BCUT2D eigenvalue weighted by molar-refractivity contribution is 0.901. The number of rotatable bonds is 10. The first kappa shape index (κ1) is 17.6. The van der Waals surface area contributed by atoms with Crippen molar-refractivity contribution in [2.45, 2.75) is 59.3 Å². The third-order valence-electron chi connectivity index (χ3n) is 2.77. The lowest BCUT2D eigenvalue weighted by Gasteiger charge is -2.03. The van der Waals surface area contributed by atoms with Crippen molar-refractivity contribution in [1.29, 1.82) is 0 Å². The van der Waals surface area contributed by atoms with Crippen LogP contribution in [0.25, 0.3) is 0 Å². The molecule has 0 aromatic rings. The van der Waals surface area contributed by atoms with Crippen LogP contribution >= 0.6 is 0 Å². The van der Waals surface area contributed by atoms with E-state index in [-0.39, 0.29) is 10.7 Å². The van der Waals surface area contributed by atoms with Crippen molar-refractivity contribution in [3.05, 3.63) is 23.8 Å². The van der Waals surface area contributed by atoms with E-state index in [1.54, 1.807) is 0 Å². The zero-order valence-electron chi connectivity index (χ0n) is 12.7. The van der Waals surface area contributed by atoms with Gasteiger partial charge in [0, 0.05) is 12.3 Å². The van der Waals surface area contributed by atoms with Crippen molar-refractivity contribution in [3.63, 3.8) is 0 Å². The van der Waals surface area contributed by atoms with E-state index in [1.807, 2.05) is 0 Å². The van der Waals surface area contributed by atoms with Crippen LogP contribution in [-0.4, -0.2) is 18.6 Å². The van der Waals surface area contributed by atoms with Crippen molar-refractivity contribution < 1.29 is 0 Å². The second kappa shape index (κ2) is 13.1. The van der Waals surface area contributed by atoms with Crippen LogP contribution in [0, 0.1) is 0 Å². The molecule has 0 N–H and O–H groups in total. The van der Waals surface area contributed by atoms with Crippen LogP contribution < -0.4 is 0 Å². The summed E-state index contributed by atoms with van der Waals surface area (Å²) in [5.41, 5.74) is 1.53. The molecule has 0 amide bonds. The molecule has 1 atom stereocenters. The maximum absolute atomic E-state index is 4.63. The van der Waals surface area contributed by atoms with E-state index in [0.29, 0.717) is 0 Å². The molecule has 0 aliphatic heterocycles. The third kappa shape index (κ3) is 12.1. The highest BCUT2D eigenvalue weighted by molar-refractivity contribution is 7.86. The van der Waals surface area contributed by atoms with Crippen LogP contribution in [-0.2, 0) is 10.7 Å². The number of hydrogen-bond acceptors (Lipinski definition) is 1. The predicted molar refractivity (Wildman–Crippen MR) is 87.4 cm³/mol. The minimum atomic E-state index is 0.287. The van der Waals surface area contributed by atoms with Gasteiger partial charge < -0.3 is 0 Å². The molecule has 2 heteroatoms. The molecule has 106 valence electrons. The first-order valence-electron chi connectivity index (χ1n) is 7.31. The number of unbranched alkanes of at least 4 members (excludes halogenated alkanes) is 1. The van der Waals surface area contributed by atoms with E-state index in [9.17, 15) is 0 Å². The highest BCUT2D eigenvalue weighted by Gasteiger charge is 1.93. The average Bonchev–Trinajstić information content (AvgIpc) is 2.36. The minimum absolute atomic E-state index is 0.287. The maximum Gasteiger partial charge on any atom is 0.0455 e. The Morgan fingerprint density at radius 2 is 1.94 bits per heavy atom. The van der Waals surface area contributed by atoms with Gasteiger partial charge in [0.2, 0.25) is 0 Å². The van der Waals surface area contributed by atoms with Gasteiger partial charge in [0.1, 0.15) is 0 Å². The van der Waals surface area contributed by atoms with Crippen molar-refractivity contribution in [3.8, 4) is 0 Å². The Bertz CT molecular complexity index is 277. The Balaban J connectivity index is 3.69. The molecular weight excluding hydrogens is 238 g/mol. The topological polar surface area (TPSA) is 12.4 Å². The molecule has 0 rings (SSSR count). The minimum Gasteiger partial charge on any atom is -0.265 e. The fourth-order valence-electron chi connectivity index (χ4n) is 1.62. The second-order valence-corrected chi connectivity index (χ2v) is 6.67. The molecule has 0 spiro atoms. The van der Waals surface area contributed by atoms with E-state index in [2.05, 4.69) is 49.6 Å². The van der Waals surface area contributed by atoms with Crippen molar-refractivity contribution in [2.24, 2.45) is 4.36 Å². The molecule has 0 saturated carbocycles. The van der Waals surface area contributed by atoms with Gasteiger partial charge in [-0.05, 0) is 45.3 Å². The second-order valence-electron chi connectivity index (χ2n) is 4.81. The van der Waals surface area contributed by atoms with Gasteiger partial charge in [-0.2, -0.15) is 0 Å². The van der Waals surface area contributed by atoms with Crippen molar-refractivity contribution >= 4 is 10.7 Å². The lowest BCUT2D eigenvalue weighted by Crippen LogP contribution is -1.96. The van der Waals surface area contributed by atoms with Gasteiger partial charge in [-0.25, -0.2) is 0 Å². The van der Waals surface area contributed by atoms with E-state index in [4.69, 9.17) is 0 Å². The molecule has 0 aliphatic rings. The lowest BCUT2D eigenvalue weighted by atomic mass is 10.1. The summed E-state index contributed by atoms with van der Waals surface area (Å²) < 4.78 is 4.63. The highest BCUT2D eigenvalue weighted by Crippen LogP contribution is 2.07. The summed E-state index contributed by atoms with van der Waals surface area (Å²) >= 11 is 0. The summed E-state index contributed by atoms with van der Waals surface area (Å²) in [6.07, 6.45) is 16.5. The van der Waals surface area contributed by atoms with E-state index in [1.165, 1.54) is 43.4 Å². The standard InChI is InChI=1S/C16H31NS/c1-5-7-8-9-10-12-16(3)13-11-15-18(4)17-14-6-2/h8-9,12H,5-7,10-11,13-15H2,1-4H3. The Kier molecular flexibility index (Phi) is 12.8. The SMILES string of the molecule is CCCC=CCC=C(C)CCCS(C)=NCCC. The van der Waals surface area contributed by atoms with E-state index >= 15 is 0 Å². The molecule has 0 bridgehead atoms. The fourth-order valence-corrected chi connectivity index (χ4v) is 2.81. The van der Waals surface area contributed by atoms with Crippen molar-refractivity contribution in [2.75, 3.05) is 18.6 Å². The van der Waals surface area contributed by atoms with Gasteiger partial charge in [-0.15, -0.1) is 10.7 Å². The van der Waals surface area contributed by atoms with Crippen LogP contribution in [0.3, 0.4) is 0 Å². The van der Waals surface area contributed by atoms with E-state index in [0.717, 1.165) is 13.0 Å². The Morgan fingerprint density at radius 1 is 1.17 bits per heavy atom. The smallest absolute Gasteiger partial charge is 0.0455 e. The van der Waals surface area contributed by atoms with Gasteiger partial charge in [-0.1, -0.05) is 44.1 Å². The van der Waals surface area contributed by atoms with Gasteiger partial charge in [0.25, 0.3) is 0 Å². The Labute approximate surface area is 117 Å². The molecule has 0 aliphatic carbocycles. The zero-order chi connectivity index (χ0) is 13.6. The van der Waals surface area contributed by atoms with Crippen LogP contribution in [0.2, 0.25) is 0 Å². The summed E-state index contributed by atoms with van der Waals surface area (Å²) in [4.78, 5) is 0. The monoisotopic (exact) mass is 269 g/mol. The summed E-state index contributed by atoms with van der Waals surface area (Å²) in [6.45, 7) is 7.71.